The van der Waals surface area contributed by atoms with E-state index in [1.807, 2.05) is 6.92 Å². The van der Waals surface area contributed by atoms with E-state index in [4.69, 9.17) is 0 Å². The third-order valence-corrected chi connectivity index (χ3v) is 7.93. The maximum atomic E-state index is 13.3. The summed E-state index contributed by atoms with van der Waals surface area (Å²) in [7, 11) is -6.08. The van der Waals surface area contributed by atoms with E-state index in [0.717, 1.165) is 20.4 Å². The molecule has 33 heavy (non-hydrogen) atoms. The highest BCUT2D eigenvalue weighted by Crippen LogP contribution is 2.25. The number of aryl methyl sites for hydroxylation is 1. The van der Waals surface area contributed by atoms with Gasteiger partial charge in [-0.1, -0.05) is 42.0 Å². The van der Waals surface area contributed by atoms with Crippen molar-refractivity contribution < 1.29 is 21.6 Å². The molecule has 0 spiro atoms. The summed E-state index contributed by atoms with van der Waals surface area (Å²) >= 11 is 0. The predicted octanol–water partition coefficient (Wildman–Crippen LogP) is 3.22. The molecular weight excluding hydrogens is 462 g/mol. The van der Waals surface area contributed by atoms with Gasteiger partial charge in [0.15, 0.2) is 0 Å². The first-order valence-electron chi connectivity index (χ1n) is 9.97. The number of benzene rings is 3. The Bertz CT molecular complexity index is 1340. The summed E-state index contributed by atoms with van der Waals surface area (Å²) in [6.45, 7) is 1.42. The van der Waals surface area contributed by atoms with Crippen molar-refractivity contribution in [2.75, 3.05) is 33.8 Å². The van der Waals surface area contributed by atoms with Gasteiger partial charge in [-0.05, 0) is 49.4 Å². The lowest BCUT2D eigenvalue weighted by Gasteiger charge is -2.24. The molecule has 174 valence electrons. The van der Waals surface area contributed by atoms with Gasteiger partial charge in [-0.25, -0.2) is 16.8 Å². The summed E-state index contributed by atoms with van der Waals surface area (Å²) in [5.41, 5.74) is 2.01. The van der Waals surface area contributed by atoms with Gasteiger partial charge in [0.1, 0.15) is 6.54 Å². The van der Waals surface area contributed by atoms with Crippen molar-refractivity contribution >= 4 is 43.0 Å². The van der Waals surface area contributed by atoms with Gasteiger partial charge in [0.25, 0.3) is 10.0 Å². The van der Waals surface area contributed by atoms with Crippen LogP contribution in [0.2, 0.25) is 0 Å². The number of hydrogen-bond acceptors (Lipinski definition) is 5. The lowest BCUT2D eigenvalue weighted by molar-refractivity contribution is -0.114. The second kappa shape index (κ2) is 9.63. The number of carbonyl (C=O) groups is 1. The van der Waals surface area contributed by atoms with Crippen LogP contribution in [-0.4, -0.2) is 42.6 Å². The Kier molecular flexibility index (Phi) is 7.09. The second-order valence-corrected chi connectivity index (χ2v) is 11.4. The SMILES string of the molecule is Cc1ccc(N(CC(=O)Nc2cccc(N(C)S(C)(=O)=O)c2)S(=O)(=O)c2ccccc2)cc1. The van der Waals surface area contributed by atoms with Crippen molar-refractivity contribution in [2.45, 2.75) is 11.8 Å². The smallest absolute Gasteiger partial charge is 0.264 e. The summed E-state index contributed by atoms with van der Waals surface area (Å²) in [6, 6.07) is 21.0. The first-order valence-corrected chi connectivity index (χ1v) is 13.3. The third-order valence-electron chi connectivity index (χ3n) is 4.93. The van der Waals surface area contributed by atoms with Gasteiger partial charge < -0.3 is 5.32 Å². The summed E-state index contributed by atoms with van der Waals surface area (Å²) in [5, 5.41) is 2.66. The van der Waals surface area contributed by atoms with Crippen LogP contribution in [0.1, 0.15) is 5.56 Å². The molecule has 0 aliphatic rings. The highest BCUT2D eigenvalue weighted by molar-refractivity contribution is 7.93. The largest absolute Gasteiger partial charge is 0.324 e. The molecule has 3 aromatic rings. The van der Waals surface area contributed by atoms with Crippen molar-refractivity contribution in [2.24, 2.45) is 0 Å². The van der Waals surface area contributed by atoms with Gasteiger partial charge in [-0.3, -0.25) is 13.4 Å². The van der Waals surface area contributed by atoms with Crippen molar-refractivity contribution in [3.63, 3.8) is 0 Å². The number of amides is 1. The fraction of sp³-hybridized carbons (Fsp3) is 0.174. The quantitative estimate of drug-likeness (QED) is 0.525. The molecule has 1 N–H and O–H groups in total. The highest BCUT2D eigenvalue weighted by atomic mass is 32.2. The summed E-state index contributed by atoms with van der Waals surface area (Å²) in [4.78, 5) is 12.9. The third kappa shape index (κ3) is 5.91. The molecule has 10 heteroatoms. The Balaban J connectivity index is 1.89. The Hall–Kier alpha value is -3.37. The topological polar surface area (TPSA) is 104 Å². The molecule has 0 saturated carbocycles. The molecule has 0 fully saturated rings. The molecule has 0 bridgehead atoms. The van der Waals surface area contributed by atoms with Crippen LogP contribution in [0.3, 0.4) is 0 Å². The first-order chi connectivity index (χ1) is 15.5. The van der Waals surface area contributed by atoms with Gasteiger partial charge >= 0.3 is 0 Å². The van der Waals surface area contributed by atoms with E-state index in [1.54, 1.807) is 60.7 Å². The highest BCUT2D eigenvalue weighted by Gasteiger charge is 2.27. The zero-order chi connectivity index (χ0) is 24.2. The standard InChI is InChI=1S/C23H25N3O5S2/c1-18-12-14-20(15-13-18)26(33(30,31)22-10-5-4-6-11-22)17-23(27)24-19-8-7-9-21(16-19)25(2)32(3,28)29/h4-16H,17H2,1-3H3,(H,24,27). The van der Waals surface area contributed by atoms with Gasteiger partial charge in [0, 0.05) is 12.7 Å². The molecular formula is C23H25N3O5S2. The normalized spacial score (nSPS) is 11.6. The lowest BCUT2D eigenvalue weighted by atomic mass is 10.2. The Labute approximate surface area is 194 Å². The minimum atomic E-state index is -4.01. The van der Waals surface area contributed by atoms with E-state index in [9.17, 15) is 21.6 Å². The number of nitrogens with one attached hydrogen (secondary N) is 1. The van der Waals surface area contributed by atoms with Crippen LogP contribution in [0, 0.1) is 6.92 Å². The number of rotatable bonds is 8. The molecule has 1 amide bonds. The Morgan fingerprint density at radius 2 is 1.48 bits per heavy atom. The van der Waals surface area contributed by atoms with E-state index in [2.05, 4.69) is 5.32 Å². The van der Waals surface area contributed by atoms with Crippen LogP contribution in [0.4, 0.5) is 17.1 Å². The van der Waals surface area contributed by atoms with Gasteiger partial charge in [-0.15, -0.1) is 0 Å². The fourth-order valence-electron chi connectivity index (χ4n) is 3.05. The van der Waals surface area contributed by atoms with E-state index in [0.29, 0.717) is 17.1 Å². The number of hydrogen-bond donors (Lipinski definition) is 1. The molecule has 8 nitrogen and oxygen atoms in total. The summed E-state index contributed by atoms with van der Waals surface area (Å²) in [5.74, 6) is -0.575. The average Bonchev–Trinajstić information content (AvgIpc) is 2.78. The van der Waals surface area contributed by atoms with Crippen LogP contribution in [0.15, 0.2) is 83.8 Å². The first kappa shape index (κ1) is 24.3. The van der Waals surface area contributed by atoms with Crippen LogP contribution < -0.4 is 13.9 Å². The van der Waals surface area contributed by atoms with E-state index in [-0.39, 0.29) is 4.90 Å². The molecule has 3 rings (SSSR count). The average molecular weight is 488 g/mol. The molecule has 0 atom stereocenters. The van der Waals surface area contributed by atoms with Gasteiger partial charge in [-0.2, -0.15) is 0 Å². The number of carbonyl (C=O) groups excluding carboxylic acids is 1. The van der Waals surface area contributed by atoms with E-state index < -0.39 is 32.5 Å². The second-order valence-electron chi connectivity index (χ2n) is 7.49. The molecule has 0 saturated heterocycles. The van der Waals surface area contributed by atoms with Crippen molar-refractivity contribution in [1.82, 2.24) is 0 Å². The number of nitrogens with zero attached hydrogens (tertiary/aromatic N) is 2. The molecule has 0 aromatic heterocycles. The number of sulfonamides is 2. The maximum absolute atomic E-state index is 13.3. The van der Waals surface area contributed by atoms with Gasteiger partial charge in [0.2, 0.25) is 15.9 Å². The molecule has 0 aliphatic heterocycles. The van der Waals surface area contributed by atoms with Gasteiger partial charge in [0.05, 0.1) is 22.5 Å². The molecule has 0 unspecified atom stereocenters. The maximum Gasteiger partial charge on any atom is 0.264 e. The summed E-state index contributed by atoms with van der Waals surface area (Å²) in [6.07, 6.45) is 1.08. The van der Waals surface area contributed by atoms with E-state index in [1.165, 1.54) is 25.2 Å². The Morgan fingerprint density at radius 3 is 2.09 bits per heavy atom. The molecule has 0 aliphatic carbocycles. The minimum Gasteiger partial charge on any atom is -0.324 e. The van der Waals surface area contributed by atoms with Crippen LogP contribution >= 0.6 is 0 Å². The van der Waals surface area contributed by atoms with Crippen LogP contribution in [-0.2, 0) is 24.8 Å². The minimum absolute atomic E-state index is 0.0650. The molecule has 0 heterocycles. The molecule has 0 radical (unpaired) electrons. The Morgan fingerprint density at radius 1 is 0.848 bits per heavy atom. The van der Waals surface area contributed by atoms with Crippen LogP contribution in [0.25, 0.3) is 0 Å². The zero-order valence-electron chi connectivity index (χ0n) is 18.5. The van der Waals surface area contributed by atoms with Crippen molar-refractivity contribution in [3.8, 4) is 0 Å². The van der Waals surface area contributed by atoms with E-state index >= 15 is 0 Å². The molecule has 3 aromatic carbocycles. The monoisotopic (exact) mass is 487 g/mol. The van der Waals surface area contributed by atoms with Crippen molar-refractivity contribution in [1.29, 1.82) is 0 Å². The number of anilines is 3. The van der Waals surface area contributed by atoms with Crippen molar-refractivity contribution in [3.05, 3.63) is 84.4 Å². The lowest BCUT2D eigenvalue weighted by Crippen LogP contribution is -2.38. The fourth-order valence-corrected chi connectivity index (χ4v) is 4.99. The summed E-state index contributed by atoms with van der Waals surface area (Å²) < 4.78 is 52.4. The predicted molar refractivity (Wildman–Crippen MR) is 130 cm³/mol. The zero-order valence-corrected chi connectivity index (χ0v) is 20.1. The van der Waals surface area contributed by atoms with Crippen LogP contribution in [0.5, 0.6) is 0 Å².